The molecule has 1 aliphatic heterocycles. The molecule has 2 atom stereocenters. The van der Waals surface area contributed by atoms with E-state index in [0.29, 0.717) is 0 Å². The van der Waals surface area contributed by atoms with E-state index in [2.05, 4.69) is 30.9 Å². The minimum atomic E-state index is 0.814. The summed E-state index contributed by atoms with van der Waals surface area (Å²) in [5, 5.41) is 4.36. The van der Waals surface area contributed by atoms with Crippen LogP contribution in [-0.2, 0) is 0 Å². The largest absolute Gasteiger partial charge is 0.313 e. The van der Waals surface area contributed by atoms with Gasteiger partial charge in [0.05, 0.1) is 0 Å². The van der Waals surface area contributed by atoms with Crippen LogP contribution in [0.2, 0.25) is 0 Å². The molecule has 2 heteroatoms. The summed E-state index contributed by atoms with van der Waals surface area (Å²) in [6, 6.07) is 0.814. The molecule has 0 aromatic rings. The van der Waals surface area contributed by atoms with Crippen LogP contribution >= 0.6 is 11.8 Å². The summed E-state index contributed by atoms with van der Waals surface area (Å²) in [6.07, 6.45) is 4.08. The first kappa shape index (κ1) is 9.40. The fraction of sp³-hybridized carbons (Fsp3) is 1.00. The van der Waals surface area contributed by atoms with E-state index in [1.807, 2.05) is 0 Å². The molecule has 1 N–H and O–H groups in total. The summed E-state index contributed by atoms with van der Waals surface area (Å²) < 4.78 is 0. The van der Waals surface area contributed by atoms with Crippen LogP contribution in [0, 0.1) is 0 Å². The van der Waals surface area contributed by atoms with Gasteiger partial charge in [0.2, 0.25) is 0 Å². The van der Waals surface area contributed by atoms with Gasteiger partial charge >= 0.3 is 0 Å². The lowest BCUT2D eigenvalue weighted by molar-refractivity contribution is 0.672. The van der Waals surface area contributed by atoms with Crippen molar-refractivity contribution >= 4 is 11.8 Å². The molecule has 0 aromatic carbocycles. The van der Waals surface area contributed by atoms with Crippen LogP contribution in [0.5, 0.6) is 0 Å². The molecule has 1 saturated heterocycles. The van der Waals surface area contributed by atoms with Gasteiger partial charge in [-0.25, -0.2) is 0 Å². The first-order valence-corrected chi connectivity index (χ1v) is 5.72. The zero-order valence-corrected chi connectivity index (χ0v) is 8.41. The highest BCUT2D eigenvalue weighted by atomic mass is 32.2. The molecule has 11 heavy (non-hydrogen) atoms. The van der Waals surface area contributed by atoms with Gasteiger partial charge in [-0.1, -0.05) is 13.8 Å². The van der Waals surface area contributed by atoms with Crippen LogP contribution in [0.15, 0.2) is 0 Å². The lowest BCUT2D eigenvalue weighted by Crippen LogP contribution is -2.24. The summed E-state index contributed by atoms with van der Waals surface area (Å²) in [7, 11) is 0. The van der Waals surface area contributed by atoms with E-state index < -0.39 is 0 Å². The van der Waals surface area contributed by atoms with Crippen LogP contribution in [0.4, 0.5) is 0 Å². The SMILES string of the molecule is CCC(C)SC[C@@H]1CCCN1. The molecule has 0 aromatic heterocycles. The zero-order valence-electron chi connectivity index (χ0n) is 7.60. The van der Waals surface area contributed by atoms with Crippen molar-refractivity contribution in [1.82, 2.24) is 5.32 Å². The van der Waals surface area contributed by atoms with Gasteiger partial charge in [0.1, 0.15) is 0 Å². The lowest BCUT2D eigenvalue weighted by atomic mass is 10.3. The predicted octanol–water partition coefficient (Wildman–Crippen LogP) is 2.27. The quantitative estimate of drug-likeness (QED) is 0.700. The molecular weight excluding hydrogens is 154 g/mol. The van der Waals surface area contributed by atoms with Gasteiger partial charge in [-0.2, -0.15) is 11.8 Å². The first-order valence-electron chi connectivity index (χ1n) is 4.68. The van der Waals surface area contributed by atoms with Crippen molar-refractivity contribution in [3.63, 3.8) is 0 Å². The summed E-state index contributed by atoms with van der Waals surface area (Å²) in [6.45, 7) is 5.82. The number of nitrogens with one attached hydrogen (secondary N) is 1. The standard InChI is InChI=1S/C9H19NS/c1-3-8(2)11-7-9-5-4-6-10-9/h8-10H,3-7H2,1-2H3/t8?,9-/m0/s1. The van der Waals surface area contributed by atoms with Gasteiger partial charge in [-0.3, -0.25) is 0 Å². The Hall–Kier alpha value is 0.310. The highest BCUT2D eigenvalue weighted by Gasteiger charge is 2.14. The average molecular weight is 173 g/mol. The van der Waals surface area contributed by atoms with Gasteiger partial charge in [0.25, 0.3) is 0 Å². The van der Waals surface area contributed by atoms with Crippen LogP contribution in [0.3, 0.4) is 0 Å². The molecule has 66 valence electrons. The van der Waals surface area contributed by atoms with Gasteiger partial charge < -0.3 is 5.32 Å². The van der Waals surface area contributed by atoms with Gasteiger partial charge in [0, 0.05) is 17.0 Å². The van der Waals surface area contributed by atoms with Crippen molar-refractivity contribution in [3.05, 3.63) is 0 Å². The second-order valence-electron chi connectivity index (χ2n) is 3.35. The van der Waals surface area contributed by atoms with E-state index in [1.165, 1.54) is 31.6 Å². The van der Waals surface area contributed by atoms with Gasteiger partial charge in [0.15, 0.2) is 0 Å². The van der Waals surface area contributed by atoms with Crippen LogP contribution in [-0.4, -0.2) is 23.6 Å². The Kier molecular flexibility index (Phi) is 4.31. The van der Waals surface area contributed by atoms with E-state index in [9.17, 15) is 0 Å². The molecule has 0 bridgehead atoms. The molecule has 1 nitrogen and oxygen atoms in total. The molecule has 1 unspecified atom stereocenters. The molecular formula is C9H19NS. The number of hydrogen-bond donors (Lipinski definition) is 1. The maximum atomic E-state index is 3.52. The van der Waals surface area contributed by atoms with E-state index in [4.69, 9.17) is 0 Å². The minimum Gasteiger partial charge on any atom is -0.313 e. The van der Waals surface area contributed by atoms with Crippen molar-refractivity contribution in [2.75, 3.05) is 12.3 Å². The Morgan fingerprint density at radius 3 is 3.00 bits per heavy atom. The number of hydrogen-bond acceptors (Lipinski definition) is 2. The third kappa shape index (κ3) is 3.48. The van der Waals surface area contributed by atoms with E-state index in [0.717, 1.165) is 11.3 Å². The Balaban J connectivity index is 2.01. The summed E-state index contributed by atoms with van der Waals surface area (Å²) in [5.41, 5.74) is 0. The maximum Gasteiger partial charge on any atom is 0.0158 e. The van der Waals surface area contributed by atoms with Crippen molar-refractivity contribution in [3.8, 4) is 0 Å². The lowest BCUT2D eigenvalue weighted by Gasteiger charge is -2.12. The van der Waals surface area contributed by atoms with E-state index >= 15 is 0 Å². The average Bonchev–Trinajstić information content (AvgIpc) is 2.52. The van der Waals surface area contributed by atoms with Crippen molar-refractivity contribution < 1.29 is 0 Å². The topological polar surface area (TPSA) is 12.0 Å². The zero-order chi connectivity index (χ0) is 8.10. The molecule has 0 saturated carbocycles. The number of thioether (sulfide) groups is 1. The number of rotatable bonds is 4. The molecule has 0 spiro atoms. The molecule has 1 heterocycles. The Bertz CT molecular complexity index is 99.7. The molecule has 0 aliphatic carbocycles. The summed E-state index contributed by atoms with van der Waals surface area (Å²) in [4.78, 5) is 0. The van der Waals surface area contributed by atoms with Crippen LogP contribution in [0.25, 0.3) is 0 Å². The molecule has 0 radical (unpaired) electrons. The minimum absolute atomic E-state index is 0.814. The van der Waals surface area contributed by atoms with Crippen molar-refractivity contribution in [2.45, 2.75) is 44.4 Å². The van der Waals surface area contributed by atoms with E-state index in [-0.39, 0.29) is 0 Å². The van der Waals surface area contributed by atoms with Crippen LogP contribution in [0.1, 0.15) is 33.1 Å². The second-order valence-corrected chi connectivity index (χ2v) is 4.82. The smallest absolute Gasteiger partial charge is 0.0158 e. The highest BCUT2D eigenvalue weighted by molar-refractivity contribution is 7.99. The third-order valence-corrected chi connectivity index (χ3v) is 3.82. The molecule has 0 amide bonds. The fourth-order valence-corrected chi connectivity index (χ4v) is 2.38. The molecule has 1 rings (SSSR count). The van der Waals surface area contributed by atoms with Crippen LogP contribution < -0.4 is 5.32 Å². The summed E-state index contributed by atoms with van der Waals surface area (Å²) in [5.74, 6) is 1.31. The Morgan fingerprint density at radius 1 is 1.64 bits per heavy atom. The normalized spacial score (nSPS) is 27.3. The van der Waals surface area contributed by atoms with Gasteiger partial charge in [-0.15, -0.1) is 0 Å². The molecule has 1 aliphatic rings. The maximum absolute atomic E-state index is 3.52. The van der Waals surface area contributed by atoms with E-state index in [1.54, 1.807) is 0 Å². The Morgan fingerprint density at radius 2 is 2.45 bits per heavy atom. The Labute approximate surface area is 74.3 Å². The first-order chi connectivity index (χ1) is 5.33. The second kappa shape index (κ2) is 5.04. The highest BCUT2D eigenvalue weighted by Crippen LogP contribution is 2.18. The summed E-state index contributed by atoms with van der Waals surface area (Å²) >= 11 is 2.11. The third-order valence-electron chi connectivity index (χ3n) is 2.32. The predicted molar refractivity (Wildman–Crippen MR) is 53.2 cm³/mol. The van der Waals surface area contributed by atoms with Gasteiger partial charge in [-0.05, 0) is 25.8 Å². The fourth-order valence-electron chi connectivity index (χ4n) is 1.30. The molecule has 1 fully saturated rings. The van der Waals surface area contributed by atoms with Crippen molar-refractivity contribution in [1.29, 1.82) is 0 Å². The van der Waals surface area contributed by atoms with Crippen molar-refractivity contribution in [2.24, 2.45) is 0 Å². The monoisotopic (exact) mass is 173 g/mol.